The van der Waals surface area contributed by atoms with Crippen LogP contribution in [0.25, 0.3) is 17.0 Å². The van der Waals surface area contributed by atoms with Crippen LogP contribution in [0.3, 0.4) is 0 Å². The summed E-state index contributed by atoms with van der Waals surface area (Å²) in [4.78, 5) is 10.7. The summed E-state index contributed by atoms with van der Waals surface area (Å²) in [5.41, 5.74) is 5.13. The van der Waals surface area contributed by atoms with Gasteiger partial charge in [-0.2, -0.15) is 28.4 Å². The van der Waals surface area contributed by atoms with Gasteiger partial charge in [-0.25, -0.2) is 18.1 Å². The van der Waals surface area contributed by atoms with Crippen LogP contribution >= 0.6 is 0 Å². The minimum Gasteiger partial charge on any atom is -0.369 e. The van der Waals surface area contributed by atoms with Gasteiger partial charge in [-0.15, -0.1) is 0 Å². The normalized spacial score (nSPS) is 24.9. The Bertz CT molecular complexity index is 1400. The first-order valence-electron chi connectivity index (χ1n) is 9.60. The lowest BCUT2D eigenvalue weighted by Gasteiger charge is -2.43. The molecule has 1 aromatic carbocycles. The summed E-state index contributed by atoms with van der Waals surface area (Å²) >= 11 is 0. The maximum absolute atomic E-state index is 13.0. The minimum atomic E-state index is -4.79. The molecule has 0 unspecified atom stereocenters. The van der Waals surface area contributed by atoms with E-state index in [-0.39, 0.29) is 16.4 Å². The molecule has 166 valence electrons. The average Bonchev–Trinajstić information content (AvgIpc) is 3.38. The lowest BCUT2D eigenvalue weighted by Crippen LogP contribution is -2.55. The molecule has 0 aliphatic heterocycles. The fourth-order valence-electron chi connectivity index (χ4n) is 4.67. The van der Waals surface area contributed by atoms with Crippen molar-refractivity contribution in [3.8, 4) is 17.3 Å². The fraction of sp³-hybridized carbons (Fsp3) is 0.368. The lowest BCUT2D eigenvalue weighted by molar-refractivity contribution is -0.144. The summed E-state index contributed by atoms with van der Waals surface area (Å²) in [7, 11) is -3.89. The van der Waals surface area contributed by atoms with Gasteiger partial charge in [-0.3, -0.25) is 4.40 Å². The first-order valence-corrected chi connectivity index (χ1v) is 11.1. The predicted molar refractivity (Wildman–Crippen MR) is 105 cm³/mol. The van der Waals surface area contributed by atoms with E-state index < -0.39 is 38.9 Å². The molecule has 32 heavy (non-hydrogen) atoms. The lowest BCUT2D eigenvalue weighted by atomic mass is 9.66. The van der Waals surface area contributed by atoms with Gasteiger partial charge in [-0.1, -0.05) is 12.1 Å². The number of rotatable bonds is 4. The molecule has 3 fully saturated rings. The number of halogens is 3. The number of sulfonamides is 1. The van der Waals surface area contributed by atoms with Crippen molar-refractivity contribution in [1.29, 1.82) is 5.26 Å². The van der Waals surface area contributed by atoms with Crippen LogP contribution in [0.5, 0.6) is 0 Å². The summed E-state index contributed by atoms with van der Waals surface area (Å²) in [6, 6.07) is 8.16. The van der Waals surface area contributed by atoms with Crippen molar-refractivity contribution >= 4 is 21.7 Å². The molecular weight excluding hydrogens is 447 g/mol. The highest BCUT2D eigenvalue weighted by atomic mass is 32.2. The Hall–Kier alpha value is -3.24. The van der Waals surface area contributed by atoms with Crippen LogP contribution in [0.4, 0.5) is 19.1 Å². The molecule has 0 spiro atoms. The molecule has 13 heteroatoms. The average molecular weight is 463 g/mol. The Morgan fingerprint density at radius 1 is 1.19 bits per heavy atom. The number of hydrogen-bond acceptors (Lipinski definition) is 7. The van der Waals surface area contributed by atoms with E-state index in [9.17, 15) is 26.9 Å². The standard InChI is InChI=1S/C19H16F3N7O2S/c20-19(21,22)14-26-15(24)29-7-13(25-16(29)27-14)11-2-1-3-12(6-11)32(30,31)28-18-5-4-17(8-18,9-18)10-23/h1-3,6-7,28H,4-5,8-9H2,(H2,24,25,26,27). The SMILES string of the molecule is N#CC12CCC(NS(=O)(=O)c3cccc(-c4cn5c(N)nc(C(F)(F)F)nc5n4)c3)(C1)C2. The van der Waals surface area contributed by atoms with Crippen LogP contribution in [0.2, 0.25) is 0 Å². The van der Waals surface area contributed by atoms with E-state index in [1.54, 1.807) is 6.07 Å². The minimum absolute atomic E-state index is 0.0159. The smallest absolute Gasteiger partial charge is 0.369 e. The number of nitrogens with zero attached hydrogens (tertiary/aromatic N) is 5. The van der Waals surface area contributed by atoms with Crippen molar-refractivity contribution in [2.75, 3.05) is 5.73 Å². The molecule has 3 N–H and O–H groups in total. The molecule has 6 rings (SSSR count). The number of anilines is 1. The first kappa shape index (κ1) is 20.7. The molecule has 0 saturated heterocycles. The molecule has 3 aliphatic carbocycles. The zero-order valence-corrected chi connectivity index (χ0v) is 17.2. The molecule has 2 bridgehead atoms. The number of hydrogen-bond donors (Lipinski definition) is 2. The predicted octanol–water partition coefficient (Wildman–Crippen LogP) is 2.51. The largest absolute Gasteiger partial charge is 0.451 e. The Labute approximate surface area is 180 Å². The third-order valence-corrected chi connectivity index (χ3v) is 7.65. The number of nitrogens with one attached hydrogen (secondary N) is 1. The van der Waals surface area contributed by atoms with Crippen molar-refractivity contribution < 1.29 is 21.6 Å². The molecular formula is C19H16F3N7O2S. The molecule has 3 aliphatic rings. The highest BCUT2D eigenvalue weighted by Gasteiger charge is 2.62. The summed E-state index contributed by atoms with van der Waals surface area (Å²) in [6.45, 7) is 0. The van der Waals surface area contributed by atoms with E-state index in [1.165, 1.54) is 24.4 Å². The topological polar surface area (TPSA) is 139 Å². The quantitative estimate of drug-likeness (QED) is 0.606. The number of alkyl halides is 3. The Kier molecular flexibility index (Phi) is 4.13. The summed E-state index contributed by atoms with van der Waals surface area (Å²) in [6.07, 6.45) is -1.21. The van der Waals surface area contributed by atoms with Gasteiger partial charge >= 0.3 is 6.18 Å². The Balaban J connectivity index is 1.47. The maximum atomic E-state index is 13.0. The molecule has 3 saturated carbocycles. The van der Waals surface area contributed by atoms with E-state index >= 15 is 0 Å². The summed E-state index contributed by atoms with van der Waals surface area (Å²) in [5.74, 6) is -2.17. The second-order valence-electron chi connectivity index (χ2n) is 8.36. The van der Waals surface area contributed by atoms with Gasteiger partial charge in [0.25, 0.3) is 0 Å². The number of imidazole rings is 1. The van der Waals surface area contributed by atoms with Crippen LogP contribution in [-0.2, 0) is 16.2 Å². The van der Waals surface area contributed by atoms with E-state index in [1.807, 2.05) is 0 Å². The van der Waals surface area contributed by atoms with E-state index in [0.29, 0.717) is 31.2 Å². The maximum Gasteiger partial charge on any atom is 0.451 e. The van der Waals surface area contributed by atoms with Crippen LogP contribution in [0, 0.1) is 16.7 Å². The molecule has 2 aromatic heterocycles. The molecule has 9 nitrogen and oxygen atoms in total. The number of nitrogen functional groups attached to an aromatic ring is 1. The molecule has 0 radical (unpaired) electrons. The second kappa shape index (κ2) is 6.39. The van der Waals surface area contributed by atoms with Gasteiger partial charge in [0.1, 0.15) is 0 Å². The van der Waals surface area contributed by atoms with Crippen molar-refractivity contribution in [3.05, 3.63) is 36.3 Å². The Morgan fingerprint density at radius 2 is 1.94 bits per heavy atom. The number of fused-ring (bicyclic) bond motifs is 2. The van der Waals surface area contributed by atoms with E-state index in [0.717, 1.165) is 4.40 Å². The van der Waals surface area contributed by atoms with Gasteiger partial charge in [0, 0.05) is 17.3 Å². The zero-order valence-electron chi connectivity index (χ0n) is 16.4. The fourth-order valence-corrected chi connectivity index (χ4v) is 6.14. The summed E-state index contributed by atoms with van der Waals surface area (Å²) in [5, 5.41) is 9.28. The molecule has 0 atom stereocenters. The highest BCUT2D eigenvalue weighted by molar-refractivity contribution is 7.89. The molecule has 2 heterocycles. The summed E-state index contributed by atoms with van der Waals surface area (Å²) < 4.78 is 68.7. The van der Waals surface area contributed by atoms with Crippen LogP contribution in [0.15, 0.2) is 35.4 Å². The first-order chi connectivity index (χ1) is 14.9. The number of nitriles is 1. The van der Waals surface area contributed by atoms with Gasteiger partial charge < -0.3 is 5.73 Å². The Morgan fingerprint density at radius 3 is 2.59 bits per heavy atom. The second-order valence-corrected chi connectivity index (χ2v) is 10.0. The van der Waals surface area contributed by atoms with Crippen LogP contribution in [-0.4, -0.2) is 33.3 Å². The van der Waals surface area contributed by atoms with Gasteiger partial charge in [0.2, 0.25) is 27.6 Å². The highest BCUT2D eigenvalue weighted by Crippen LogP contribution is 2.61. The van der Waals surface area contributed by atoms with Crippen molar-refractivity contribution in [2.24, 2.45) is 5.41 Å². The zero-order chi connectivity index (χ0) is 22.9. The third-order valence-electron chi connectivity index (χ3n) is 6.08. The van der Waals surface area contributed by atoms with Crippen LogP contribution in [0.1, 0.15) is 31.5 Å². The van der Waals surface area contributed by atoms with Crippen molar-refractivity contribution in [1.82, 2.24) is 24.1 Å². The van der Waals surface area contributed by atoms with Crippen molar-refractivity contribution in [3.63, 3.8) is 0 Å². The monoisotopic (exact) mass is 463 g/mol. The number of aromatic nitrogens is 4. The van der Waals surface area contributed by atoms with E-state index in [2.05, 4.69) is 25.7 Å². The number of nitrogens with two attached hydrogens (primary N) is 1. The van der Waals surface area contributed by atoms with Gasteiger partial charge in [-0.05, 0) is 37.8 Å². The van der Waals surface area contributed by atoms with Gasteiger partial charge in [0.15, 0.2) is 0 Å². The van der Waals surface area contributed by atoms with Gasteiger partial charge in [0.05, 0.1) is 22.1 Å². The number of benzene rings is 1. The molecule has 0 amide bonds. The molecule has 3 aromatic rings. The van der Waals surface area contributed by atoms with E-state index in [4.69, 9.17) is 5.73 Å². The van der Waals surface area contributed by atoms with Crippen LogP contribution < -0.4 is 10.5 Å². The van der Waals surface area contributed by atoms with Crippen molar-refractivity contribution in [2.45, 2.75) is 42.3 Å². The third kappa shape index (κ3) is 3.18.